The zero-order valence-electron chi connectivity index (χ0n) is 15.3. The number of amides is 1. The molecule has 9 heteroatoms. The predicted octanol–water partition coefficient (Wildman–Crippen LogP) is 3.50. The molecule has 0 atom stereocenters. The SMILES string of the molecule is CCCC(=O)Nc1scc2c(C(=O)OCC)nn(-c3ccc(F)cc3)c(=O)c12. The van der Waals surface area contributed by atoms with Gasteiger partial charge in [0, 0.05) is 17.2 Å². The van der Waals surface area contributed by atoms with Crippen molar-refractivity contribution in [2.24, 2.45) is 0 Å². The summed E-state index contributed by atoms with van der Waals surface area (Å²) >= 11 is 1.13. The number of benzene rings is 1. The molecule has 2 heterocycles. The van der Waals surface area contributed by atoms with Crippen LogP contribution in [0.5, 0.6) is 0 Å². The Hall–Kier alpha value is -3.07. The topological polar surface area (TPSA) is 90.3 Å². The van der Waals surface area contributed by atoms with Crippen LogP contribution in [-0.2, 0) is 9.53 Å². The van der Waals surface area contributed by atoms with Gasteiger partial charge in [-0.15, -0.1) is 11.3 Å². The number of rotatable bonds is 6. The van der Waals surface area contributed by atoms with Gasteiger partial charge in [0.25, 0.3) is 5.56 Å². The molecule has 7 nitrogen and oxygen atoms in total. The monoisotopic (exact) mass is 403 g/mol. The number of esters is 1. The Labute approximate surface area is 163 Å². The second-order valence-electron chi connectivity index (χ2n) is 5.91. The number of thiophene rings is 1. The number of anilines is 1. The molecule has 3 aromatic rings. The highest BCUT2D eigenvalue weighted by Crippen LogP contribution is 2.30. The summed E-state index contributed by atoms with van der Waals surface area (Å²) in [5.74, 6) is -1.38. The van der Waals surface area contributed by atoms with Gasteiger partial charge in [0.05, 0.1) is 17.7 Å². The first-order valence-corrected chi connectivity index (χ1v) is 9.61. The van der Waals surface area contributed by atoms with Crippen LogP contribution in [0.3, 0.4) is 0 Å². The van der Waals surface area contributed by atoms with E-state index < -0.39 is 17.3 Å². The fourth-order valence-electron chi connectivity index (χ4n) is 2.67. The van der Waals surface area contributed by atoms with Gasteiger partial charge in [0.2, 0.25) is 5.91 Å². The van der Waals surface area contributed by atoms with Crippen LogP contribution in [0, 0.1) is 5.82 Å². The smallest absolute Gasteiger partial charge is 0.359 e. The lowest BCUT2D eigenvalue weighted by atomic mass is 10.2. The van der Waals surface area contributed by atoms with Gasteiger partial charge in [-0.05, 0) is 37.6 Å². The number of hydrogen-bond donors (Lipinski definition) is 1. The van der Waals surface area contributed by atoms with E-state index in [1.807, 2.05) is 6.92 Å². The maximum absolute atomic E-state index is 13.3. The van der Waals surface area contributed by atoms with E-state index in [1.165, 1.54) is 24.3 Å². The summed E-state index contributed by atoms with van der Waals surface area (Å²) in [6.07, 6.45) is 0.964. The van der Waals surface area contributed by atoms with Crippen LogP contribution in [-0.4, -0.2) is 28.3 Å². The molecule has 1 amide bonds. The first kappa shape index (κ1) is 19.7. The molecule has 0 aliphatic heterocycles. The third kappa shape index (κ3) is 3.79. The number of halogens is 1. The fraction of sp³-hybridized carbons (Fsp3) is 0.263. The normalized spacial score (nSPS) is 10.8. The van der Waals surface area contributed by atoms with Crippen LogP contribution in [0.1, 0.15) is 37.2 Å². The van der Waals surface area contributed by atoms with Gasteiger partial charge in [-0.3, -0.25) is 9.59 Å². The molecule has 0 saturated carbocycles. The number of hydrogen-bond acceptors (Lipinski definition) is 6. The zero-order valence-corrected chi connectivity index (χ0v) is 16.1. The molecule has 0 bridgehead atoms. The Kier molecular flexibility index (Phi) is 5.84. The second kappa shape index (κ2) is 8.30. The van der Waals surface area contributed by atoms with E-state index in [2.05, 4.69) is 10.4 Å². The lowest BCUT2D eigenvalue weighted by molar-refractivity contribution is -0.116. The van der Waals surface area contributed by atoms with Crippen molar-refractivity contribution in [3.8, 4) is 5.69 Å². The van der Waals surface area contributed by atoms with E-state index in [1.54, 1.807) is 12.3 Å². The van der Waals surface area contributed by atoms with E-state index in [0.29, 0.717) is 23.2 Å². The molecule has 0 unspecified atom stereocenters. The van der Waals surface area contributed by atoms with Crippen LogP contribution >= 0.6 is 11.3 Å². The molecular formula is C19H18FN3O4S. The zero-order chi connectivity index (χ0) is 20.3. The number of nitrogens with one attached hydrogen (secondary N) is 1. The lowest BCUT2D eigenvalue weighted by Gasteiger charge is -2.10. The summed E-state index contributed by atoms with van der Waals surface area (Å²) in [4.78, 5) is 37.5. The molecule has 2 aromatic heterocycles. The molecule has 1 N–H and O–H groups in total. The number of carbonyl (C=O) groups is 2. The van der Waals surface area contributed by atoms with Crippen LogP contribution in [0.2, 0.25) is 0 Å². The number of nitrogens with zero attached hydrogens (tertiary/aromatic N) is 2. The molecule has 146 valence electrons. The molecule has 0 saturated heterocycles. The molecule has 1 aromatic carbocycles. The Morgan fingerprint density at radius 3 is 2.61 bits per heavy atom. The first-order chi connectivity index (χ1) is 13.5. The quantitative estimate of drug-likeness (QED) is 0.636. The summed E-state index contributed by atoms with van der Waals surface area (Å²) in [7, 11) is 0. The van der Waals surface area contributed by atoms with Crippen molar-refractivity contribution in [3.63, 3.8) is 0 Å². The fourth-order valence-corrected chi connectivity index (χ4v) is 3.62. The predicted molar refractivity (Wildman–Crippen MR) is 105 cm³/mol. The van der Waals surface area contributed by atoms with Crippen LogP contribution < -0.4 is 10.9 Å². The third-order valence-corrected chi connectivity index (χ3v) is 4.82. The minimum atomic E-state index is -0.687. The van der Waals surface area contributed by atoms with Gasteiger partial charge in [-0.25, -0.2) is 9.18 Å². The van der Waals surface area contributed by atoms with E-state index in [9.17, 15) is 18.8 Å². The van der Waals surface area contributed by atoms with Crippen molar-refractivity contribution in [2.75, 3.05) is 11.9 Å². The summed E-state index contributed by atoms with van der Waals surface area (Å²) < 4.78 is 19.3. The number of aromatic nitrogens is 2. The van der Waals surface area contributed by atoms with Gasteiger partial charge in [0.15, 0.2) is 5.69 Å². The van der Waals surface area contributed by atoms with E-state index in [4.69, 9.17) is 4.74 Å². The Morgan fingerprint density at radius 1 is 1.25 bits per heavy atom. The molecule has 28 heavy (non-hydrogen) atoms. The standard InChI is InChI=1S/C19H18FN3O4S/c1-3-5-14(24)21-17-15-13(10-28-17)16(19(26)27-4-2)22-23(18(15)25)12-8-6-11(20)7-9-12/h6-10H,3-5H2,1-2H3,(H,21,24). The summed E-state index contributed by atoms with van der Waals surface area (Å²) in [6, 6.07) is 5.14. The minimum Gasteiger partial charge on any atom is -0.461 e. The van der Waals surface area contributed by atoms with Crippen molar-refractivity contribution in [3.05, 3.63) is 51.5 Å². The van der Waals surface area contributed by atoms with Gasteiger partial charge in [0.1, 0.15) is 10.8 Å². The van der Waals surface area contributed by atoms with Gasteiger partial charge in [-0.1, -0.05) is 6.92 Å². The van der Waals surface area contributed by atoms with Crippen LogP contribution in [0.15, 0.2) is 34.4 Å². The maximum atomic E-state index is 13.3. The number of carbonyl (C=O) groups excluding carboxylic acids is 2. The Balaban J connectivity index is 2.24. The van der Waals surface area contributed by atoms with Crippen LogP contribution in [0.4, 0.5) is 9.39 Å². The molecular weight excluding hydrogens is 385 g/mol. The summed E-state index contributed by atoms with van der Waals surface area (Å²) in [5, 5.41) is 9.26. The molecule has 3 rings (SSSR count). The highest BCUT2D eigenvalue weighted by atomic mass is 32.1. The lowest BCUT2D eigenvalue weighted by Crippen LogP contribution is -2.25. The molecule has 0 aliphatic carbocycles. The van der Waals surface area contributed by atoms with Gasteiger partial charge < -0.3 is 10.1 Å². The Bertz CT molecular complexity index is 1090. The van der Waals surface area contributed by atoms with E-state index >= 15 is 0 Å². The molecule has 0 aliphatic rings. The van der Waals surface area contributed by atoms with Gasteiger partial charge in [-0.2, -0.15) is 9.78 Å². The summed E-state index contributed by atoms with van der Waals surface area (Å²) in [6.45, 7) is 3.67. The maximum Gasteiger partial charge on any atom is 0.359 e. The minimum absolute atomic E-state index is 0.0481. The van der Waals surface area contributed by atoms with Crippen molar-refractivity contribution in [2.45, 2.75) is 26.7 Å². The average molecular weight is 403 g/mol. The van der Waals surface area contributed by atoms with Crippen molar-refractivity contribution in [1.29, 1.82) is 0 Å². The van der Waals surface area contributed by atoms with E-state index in [0.717, 1.165) is 16.0 Å². The third-order valence-electron chi connectivity index (χ3n) is 3.92. The van der Waals surface area contributed by atoms with Crippen LogP contribution in [0.25, 0.3) is 16.5 Å². The Morgan fingerprint density at radius 2 is 1.96 bits per heavy atom. The van der Waals surface area contributed by atoms with Gasteiger partial charge >= 0.3 is 5.97 Å². The molecule has 0 radical (unpaired) electrons. The molecule has 0 spiro atoms. The second-order valence-corrected chi connectivity index (χ2v) is 6.79. The van der Waals surface area contributed by atoms with Crippen molar-refractivity contribution in [1.82, 2.24) is 9.78 Å². The highest BCUT2D eigenvalue weighted by Gasteiger charge is 2.23. The largest absolute Gasteiger partial charge is 0.461 e. The van der Waals surface area contributed by atoms with Crippen molar-refractivity contribution < 1.29 is 18.7 Å². The molecule has 0 fully saturated rings. The first-order valence-electron chi connectivity index (χ1n) is 8.73. The highest BCUT2D eigenvalue weighted by molar-refractivity contribution is 7.16. The van der Waals surface area contributed by atoms with E-state index in [-0.39, 0.29) is 29.3 Å². The van der Waals surface area contributed by atoms with Crippen molar-refractivity contribution >= 4 is 39.0 Å². The average Bonchev–Trinajstić information content (AvgIpc) is 3.07. The number of ether oxygens (including phenoxy) is 1. The summed E-state index contributed by atoms with van der Waals surface area (Å²) in [5.41, 5.74) is -0.286. The number of fused-ring (bicyclic) bond motifs is 1.